The standard InChI is InChI=1S/C17H15F3O2/c1-11-9-13(17(18,19)20)5-7-15(11)22-14-6-4-12-3-2-8-21-16(12)10-14/h4-7,9-10H,2-3,8H2,1H3. The van der Waals surface area contributed by atoms with Gasteiger partial charge in [-0.1, -0.05) is 6.07 Å². The molecule has 0 aliphatic carbocycles. The molecule has 0 saturated carbocycles. The van der Waals surface area contributed by atoms with Crippen LogP contribution in [0, 0.1) is 6.92 Å². The molecule has 116 valence electrons. The maximum absolute atomic E-state index is 12.7. The van der Waals surface area contributed by atoms with Crippen molar-refractivity contribution in [3.63, 3.8) is 0 Å². The Balaban J connectivity index is 1.84. The first-order valence-electron chi connectivity index (χ1n) is 7.05. The molecular formula is C17H15F3O2. The molecule has 1 heterocycles. The zero-order chi connectivity index (χ0) is 15.7. The molecule has 0 aromatic heterocycles. The van der Waals surface area contributed by atoms with E-state index < -0.39 is 11.7 Å². The fourth-order valence-corrected chi connectivity index (χ4v) is 2.45. The predicted octanol–water partition coefficient (Wildman–Crippen LogP) is 5.13. The van der Waals surface area contributed by atoms with Crippen molar-refractivity contribution in [2.75, 3.05) is 6.61 Å². The summed E-state index contributed by atoms with van der Waals surface area (Å²) < 4.78 is 49.2. The maximum Gasteiger partial charge on any atom is 0.416 e. The van der Waals surface area contributed by atoms with Crippen LogP contribution >= 0.6 is 0 Å². The van der Waals surface area contributed by atoms with Crippen molar-refractivity contribution in [2.45, 2.75) is 25.9 Å². The van der Waals surface area contributed by atoms with Gasteiger partial charge in [0, 0.05) is 6.07 Å². The van der Waals surface area contributed by atoms with Crippen molar-refractivity contribution in [3.8, 4) is 17.2 Å². The summed E-state index contributed by atoms with van der Waals surface area (Å²) in [6.45, 7) is 2.27. The zero-order valence-electron chi connectivity index (χ0n) is 12.0. The van der Waals surface area contributed by atoms with E-state index in [2.05, 4.69) is 0 Å². The second-order valence-corrected chi connectivity index (χ2v) is 5.30. The molecule has 5 heteroatoms. The summed E-state index contributed by atoms with van der Waals surface area (Å²) in [7, 11) is 0. The molecule has 0 N–H and O–H groups in total. The molecule has 0 unspecified atom stereocenters. The highest BCUT2D eigenvalue weighted by molar-refractivity contribution is 5.45. The largest absolute Gasteiger partial charge is 0.493 e. The van der Waals surface area contributed by atoms with E-state index in [1.165, 1.54) is 6.07 Å². The molecule has 0 radical (unpaired) electrons. The first-order valence-corrected chi connectivity index (χ1v) is 7.05. The SMILES string of the molecule is Cc1cc(C(F)(F)F)ccc1Oc1ccc2c(c1)OCCC2. The number of aryl methyl sites for hydroxylation is 2. The van der Waals surface area contributed by atoms with Crippen molar-refractivity contribution in [1.82, 2.24) is 0 Å². The number of alkyl halides is 3. The Kier molecular flexibility index (Phi) is 3.72. The van der Waals surface area contributed by atoms with Crippen LogP contribution in [-0.2, 0) is 12.6 Å². The Bertz CT molecular complexity index is 693. The summed E-state index contributed by atoms with van der Waals surface area (Å²) in [5.41, 5.74) is 0.891. The second-order valence-electron chi connectivity index (χ2n) is 5.30. The molecule has 22 heavy (non-hydrogen) atoms. The van der Waals surface area contributed by atoms with Crippen molar-refractivity contribution >= 4 is 0 Å². The van der Waals surface area contributed by atoms with Gasteiger partial charge in [-0.25, -0.2) is 0 Å². The molecule has 0 spiro atoms. The molecule has 1 aliphatic heterocycles. The van der Waals surface area contributed by atoms with Crippen LogP contribution in [0.5, 0.6) is 17.2 Å². The molecule has 3 rings (SSSR count). The van der Waals surface area contributed by atoms with Gasteiger partial charge in [0.25, 0.3) is 0 Å². The van der Waals surface area contributed by atoms with Gasteiger partial charge in [0.05, 0.1) is 12.2 Å². The van der Waals surface area contributed by atoms with Crippen LogP contribution in [0.1, 0.15) is 23.1 Å². The molecular weight excluding hydrogens is 293 g/mol. The van der Waals surface area contributed by atoms with Gasteiger partial charge in [-0.2, -0.15) is 13.2 Å². The van der Waals surface area contributed by atoms with Crippen molar-refractivity contribution in [3.05, 3.63) is 53.1 Å². The third kappa shape index (κ3) is 3.03. The van der Waals surface area contributed by atoms with E-state index in [1.54, 1.807) is 13.0 Å². The maximum atomic E-state index is 12.7. The van der Waals surface area contributed by atoms with Gasteiger partial charge in [-0.05, 0) is 55.2 Å². The summed E-state index contributed by atoms with van der Waals surface area (Å²) in [6.07, 6.45) is -2.39. The Hall–Kier alpha value is -2.17. The lowest BCUT2D eigenvalue weighted by molar-refractivity contribution is -0.137. The van der Waals surface area contributed by atoms with Gasteiger partial charge < -0.3 is 9.47 Å². The van der Waals surface area contributed by atoms with Crippen LogP contribution in [-0.4, -0.2) is 6.61 Å². The van der Waals surface area contributed by atoms with E-state index in [-0.39, 0.29) is 0 Å². The minimum absolute atomic E-state index is 0.406. The average Bonchev–Trinajstić information content (AvgIpc) is 2.48. The van der Waals surface area contributed by atoms with Crippen LogP contribution in [0.2, 0.25) is 0 Å². The fraction of sp³-hybridized carbons (Fsp3) is 0.294. The van der Waals surface area contributed by atoms with Gasteiger partial charge in [0.2, 0.25) is 0 Å². The Morgan fingerprint density at radius 1 is 1.09 bits per heavy atom. The zero-order valence-corrected chi connectivity index (χ0v) is 12.0. The summed E-state index contributed by atoms with van der Waals surface area (Å²) in [5, 5.41) is 0. The smallest absolute Gasteiger partial charge is 0.416 e. The topological polar surface area (TPSA) is 18.5 Å². The van der Waals surface area contributed by atoms with Gasteiger partial charge in [-0.15, -0.1) is 0 Å². The number of hydrogen-bond donors (Lipinski definition) is 0. The van der Waals surface area contributed by atoms with Crippen molar-refractivity contribution in [1.29, 1.82) is 0 Å². The number of halogens is 3. The van der Waals surface area contributed by atoms with Crippen LogP contribution in [0.15, 0.2) is 36.4 Å². The summed E-state index contributed by atoms with van der Waals surface area (Å²) >= 11 is 0. The molecule has 0 atom stereocenters. The summed E-state index contributed by atoms with van der Waals surface area (Å²) in [4.78, 5) is 0. The minimum atomic E-state index is -4.34. The lowest BCUT2D eigenvalue weighted by atomic mass is 10.1. The Morgan fingerprint density at radius 2 is 1.91 bits per heavy atom. The highest BCUT2D eigenvalue weighted by atomic mass is 19.4. The van der Waals surface area contributed by atoms with E-state index in [9.17, 15) is 13.2 Å². The fourth-order valence-electron chi connectivity index (χ4n) is 2.45. The highest BCUT2D eigenvalue weighted by Crippen LogP contribution is 2.35. The number of fused-ring (bicyclic) bond motifs is 1. The lowest BCUT2D eigenvalue weighted by Gasteiger charge is -2.18. The molecule has 0 amide bonds. The normalized spacial score (nSPS) is 14.2. The first kappa shape index (κ1) is 14.8. The molecule has 0 bridgehead atoms. The van der Waals surface area contributed by atoms with Gasteiger partial charge in [-0.3, -0.25) is 0 Å². The molecule has 2 aromatic carbocycles. The van der Waals surface area contributed by atoms with Gasteiger partial charge in [0.1, 0.15) is 17.2 Å². The van der Waals surface area contributed by atoms with Crippen LogP contribution in [0.4, 0.5) is 13.2 Å². The molecule has 0 saturated heterocycles. The molecule has 2 aromatic rings. The summed E-state index contributed by atoms with van der Waals surface area (Å²) in [5.74, 6) is 1.75. The second kappa shape index (κ2) is 5.55. The van der Waals surface area contributed by atoms with E-state index in [0.29, 0.717) is 23.7 Å². The quantitative estimate of drug-likeness (QED) is 0.765. The van der Waals surface area contributed by atoms with Crippen LogP contribution in [0.3, 0.4) is 0 Å². The third-order valence-electron chi connectivity index (χ3n) is 3.62. The van der Waals surface area contributed by atoms with Gasteiger partial charge >= 0.3 is 6.18 Å². The van der Waals surface area contributed by atoms with E-state index in [1.807, 2.05) is 12.1 Å². The monoisotopic (exact) mass is 308 g/mol. The molecule has 2 nitrogen and oxygen atoms in total. The van der Waals surface area contributed by atoms with Crippen molar-refractivity contribution < 1.29 is 22.6 Å². The molecule has 1 aliphatic rings. The average molecular weight is 308 g/mol. The number of benzene rings is 2. The van der Waals surface area contributed by atoms with Crippen LogP contribution < -0.4 is 9.47 Å². The minimum Gasteiger partial charge on any atom is -0.493 e. The number of ether oxygens (including phenoxy) is 2. The Morgan fingerprint density at radius 3 is 2.64 bits per heavy atom. The highest BCUT2D eigenvalue weighted by Gasteiger charge is 2.30. The van der Waals surface area contributed by atoms with E-state index in [0.717, 1.165) is 36.3 Å². The first-order chi connectivity index (χ1) is 10.4. The number of hydrogen-bond acceptors (Lipinski definition) is 2. The predicted molar refractivity (Wildman–Crippen MR) is 76.5 cm³/mol. The molecule has 0 fully saturated rings. The van der Waals surface area contributed by atoms with Crippen molar-refractivity contribution in [2.24, 2.45) is 0 Å². The van der Waals surface area contributed by atoms with Crippen LogP contribution in [0.25, 0.3) is 0 Å². The third-order valence-corrected chi connectivity index (χ3v) is 3.62. The number of rotatable bonds is 2. The van der Waals surface area contributed by atoms with Gasteiger partial charge in [0.15, 0.2) is 0 Å². The Labute approximate surface area is 126 Å². The lowest BCUT2D eigenvalue weighted by Crippen LogP contribution is -2.08. The van der Waals surface area contributed by atoms with E-state index in [4.69, 9.17) is 9.47 Å². The van der Waals surface area contributed by atoms with E-state index >= 15 is 0 Å². The summed E-state index contributed by atoms with van der Waals surface area (Å²) in [6, 6.07) is 8.99.